The van der Waals surface area contributed by atoms with Gasteiger partial charge in [-0.25, -0.2) is 4.79 Å². The van der Waals surface area contributed by atoms with Crippen LogP contribution < -0.4 is 20.1 Å². The summed E-state index contributed by atoms with van der Waals surface area (Å²) in [5, 5.41) is 5.68. The Labute approximate surface area is 149 Å². The predicted octanol–water partition coefficient (Wildman–Crippen LogP) is 3.31. The molecule has 2 N–H and O–H groups in total. The van der Waals surface area contributed by atoms with Gasteiger partial charge < -0.3 is 20.1 Å². The molecule has 5 nitrogen and oxygen atoms in total. The maximum atomic E-state index is 11.7. The zero-order valence-corrected chi connectivity index (χ0v) is 14.9. The Hall–Kier alpha value is -2.69. The van der Waals surface area contributed by atoms with Crippen LogP contribution in [0.1, 0.15) is 17.5 Å². The van der Waals surface area contributed by atoms with Gasteiger partial charge in [-0.05, 0) is 49.6 Å². The molecule has 2 aromatic rings. The molecule has 0 aliphatic heterocycles. The molecule has 0 saturated heterocycles. The van der Waals surface area contributed by atoms with Crippen molar-refractivity contribution in [3.8, 4) is 11.5 Å². The molecule has 2 amide bonds. The van der Waals surface area contributed by atoms with E-state index in [1.165, 1.54) is 5.56 Å². The quantitative estimate of drug-likeness (QED) is 0.687. The zero-order chi connectivity index (χ0) is 17.9. The number of carbonyl (C=O) groups excluding carboxylic acids is 1. The molecule has 0 atom stereocenters. The molecule has 0 aliphatic carbocycles. The second-order valence-corrected chi connectivity index (χ2v) is 5.80. The van der Waals surface area contributed by atoms with Crippen molar-refractivity contribution in [1.29, 1.82) is 0 Å². The van der Waals surface area contributed by atoms with Crippen LogP contribution in [-0.4, -0.2) is 32.8 Å². The highest BCUT2D eigenvalue weighted by Gasteiger charge is 2.00. The monoisotopic (exact) mass is 342 g/mol. The summed E-state index contributed by atoms with van der Waals surface area (Å²) < 4.78 is 10.7. The van der Waals surface area contributed by atoms with Crippen molar-refractivity contribution in [1.82, 2.24) is 10.6 Å². The summed E-state index contributed by atoms with van der Waals surface area (Å²) in [5.74, 6) is 1.69. The lowest BCUT2D eigenvalue weighted by atomic mass is 10.1. The number of amides is 2. The van der Waals surface area contributed by atoms with E-state index in [0.717, 1.165) is 29.9 Å². The summed E-state index contributed by atoms with van der Waals surface area (Å²) in [6.45, 7) is 3.80. The highest BCUT2D eigenvalue weighted by molar-refractivity contribution is 5.73. The highest BCUT2D eigenvalue weighted by atomic mass is 16.5. The van der Waals surface area contributed by atoms with Gasteiger partial charge in [0.05, 0.1) is 13.7 Å². The van der Waals surface area contributed by atoms with Crippen LogP contribution in [0, 0.1) is 6.92 Å². The zero-order valence-electron chi connectivity index (χ0n) is 14.9. The Bertz CT molecular complexity index is 639. The largest absolute Gasteiger partial charge is 0.497 e. The lowest BCUT2D eigenvalue weighted by molar-refractivity contribution is 0.239. The van der Waals surface area contributed by atoms with Gasteiger partial charge >= 0.3 is 6.03 Å². The SMILES string of the molecule is COc1ccc(CCNC(=O)NCCCOc2ccc(C)cc2)cc1. The van der Waals surface area contributed by atoms with Crippen molar-refractivity contribution in [2.45, 2.75) is 19.8 Å². The number of urea groups is 1. The number of methoxy groups -OCH3 is 1. The van der Waals surface area contributed by atoms with Crippen LogP contribution >= 0.6 is 0 Å². The normalized spacial score (nSPS) is 10.2. The first-order chi connectivity index (χ1) is 12.2. The van der Waals surface area contributed by atoms with Crippen LogP contribution in [0.2, 0.25) is 0 Å². The van der Waals surface area contributed by atoms with E-state index in [1.807, 2.05) is 55.5 Å². The molecule has 2 rings (SSSR count). The summed E-state index contributed by atoms with van der Waals surface area (Å²) in [7, 11) is 1.65. The molecule has 0 unspecified atom stereocenters. The summed E-state index contributed by atoms with van der Waals surface area (Å²) in [6, 6.07) is 15.6. The Morgan fingerprint density at radius 1 is 0.920 bits per heavy atom. The molecule has 0 radical (unpaired) electrons. The van der Waals surface area contributed by atoms with Crippen molar-refractivity contribution in [2.24, 2.45) is 0 Å². The molecule has 0 aromatic heterocycles. The Balaban J connectivity index is 1.52. The van der Waals surface area contributed by atoms with E-state index >= 15 is 0 Å². The van der Waals surface area contributed by atoms with Gasteiger partial charge in [0, 0.05) is 13.1 Å². The molecule has 0 saturated carbocycles. The number of nitrogens with one attached hydrogen (secondary N) is 2. The number of hydrogen-bond acceptors (Lipinski definition) is 3. The van der Waals surface area contributed by atoms with Crippen LogP contribution in [-0.2, 0) is 6.42 Å². The van der Waals surface area contributed by atoms with Crippen molar-refractivity contribution in [3.63, 3.8) is 0 Å². The highest BCUT2D eigenvalue weighted by Crippen LogP contribution is 2.12. The molecule has 0 spiro atoms. The molecule has 0 bridgehead atoms. The number of ether oxygens (including phenoxy) is 2. The molecule has 0 fully saturated rings. The second-order valence-electron chi connectivity index (χ2n) is 5.80. The number of carbonyl (C=O) groups is 1. The lowest BCUT2D eigenvalue weighted by Gasteiger charge is -2.09. The van der Waals surface area contributed by atoms with Gasteiger partial charge in [0.15, 0.2) is 0 Å². The molecule has 25 heavy (non-hydrogen) atoms. The third-order valence-corrected chi connectivity index (χ3v) is 3.75. The first kappa shape index (κ1) is 18.6. The van der Waals surface area contributed by atoms with Crippen LogP contribution in [0.3, 0.4) is 0 Å². The predicted molar refractivity (Wildman–Crippen MR) is 99.4 cm³/mol. The number of hydrogen-bond donors (Lipinski definition) is 2. The first-order valence-electron chi connectivity index (χ1n) is 8.51. The molecule has 0 heterocycles. The van der Waals surface area contributed by atoms with E-state index in [4.69, 9.17) is 9.47 Å². The van der Waals surface area contributed by atoms with Gasteiger partial charge in [0.2, 0.25) is 0 Å². The van der Waals surface area contributed by atoms with Gasteiger partial charge in [-0.1, -0.05) is 29.8 Å². The third-order valence-electron chi connectivity index (χ3n) is 3.75. The Kier molecular flexibility index (Phi) is 7.63. The molecule has 5 heteroatoms. The standard InChI is InChI=1S/C20H26N2O3/c1-16-4-8-19(9-5-16)25-15-3-13-21-20(23)22-14-12-17-6-10-18(24-2)11-7-17/h4-11H,3,12-15H2,1-2H3,(H2,21,22,23). The van der Waals surface area contributed by atoms with E-state index in [0.29, 0.717) is 19.7 Å². The van der Waals surface area contributed by atoms with Gasteiger partial charge in [-0.3, -0.25) is 0 Å². The van der Waals surface area contributed by atoms with E-state index in [2.05, 4.69) is 10.6 Å². The Morgan fingerprint density at radius 3 is 2.24 bits per heavy atom. The van der Waals surface area contributed by atoms with Gasteiger partial charge in [0.1, 0.15) is 11.5 Å². The van der Waals surface area contributed by atoms with Crippen molar-refractivity contribution < 1.29 is 14.3 Å². The number of benzene rings is 2. The van der Waals surface area contributed by atoms with Gasteiger partial charge in [-0.15, -0.1) is 0 Å². The topological polar surface area (TPSA) is 59.6 Å². The number of rotatable bonds is 9. The lowest BCUT2D eigenvalue weighted by Crippen LogP contribution is -2.37. The molecule has 2 aromatic carbocycles. The fourth-order valence-corrected chi connectivity index (χ4v) is 2.27. The average Bonchev–Trinajstić information content (AvgIpc) is 2.63. The fourth-order valence-electron chi connectivity index (χ4n) is 2.27. The van der Waals surface area contributed by atoms with Crippen LogP contribution in [0.15, 0.2) is 48.5 Å². The number of aryl methyl sites for hydroxylation is 1. The van der Waals surface area contributed by atoms with E-state index in [-0.39, 0.29) is 6.03 Å². The molecular formula is C20H26N2O3. The minimum absolute atomic E-state index is 0.149. The first-order valence-corrected chi connectivity index (χ1v) is 8.51. The van der Waals surface area contributed by atoms with Gasteiger partial charge in [0.25, 0.3) is 0 Å². The van der Waals surface area contributed by atoms with Crippen LogP contribution in [0.5, 0.6) is 11.5 Å². The minimum atomic E-state index is -0.149. The maximum Gasteiger partial charge on any atom is 0.314 e. The van der Waals surface area contributed by atoms with Crippen molar-refractivity contribution in [3.05, 3.63) is 59.7 Å². The van der Waals surface area contributed by atoms with E-state index in [1.54, 1.807) is 7.11 Å². The minimum Gasteiger partial charge on any atom is -0.497 e. The smallest absolute Gasteiger partial charge is 0.314 e. The average molecular weight is 342 g/mol. The van der Waals surface area contributed by atoms with Crippen molar-refractivity contribution >= 4 is 6.03 Å². The summed E-state index contributed by atoms with van der Waals surface area (Å²) >= 11 is 0. The molecular weight excluding hydrogens is 316 g/mol. The summed E-state index contributed by atoms with van der Waals surface area (Å²) in [4.78, 5) is 11.7. The summed E-state index contributed by atoms with van der Waals surface area (Å²) in [6.07, 6.45) is 1.55. The fraction of sp³-hybridized carbons (Fsp3) is 0.350. The van der Waals surface area contributed by atoms with Crippen LogP contribution in [0.4, 0.5) is 4.79 Å². The van der Waals surface area contributed by atoms with Crippen molar-refractivity contribution in [2.75, 3.05) is 26.8 Å². The molecule has 134 valence electrons. The third kappa shape index (κ3) is 7.16. The van der Waals surface area contributed by atoms with E-state index in [9.17, 15) is 4.79 Å². The maximum absolute atomic E-state index is 11.7. The van der Waals surface area contributed by atoms with E-state index < -0.39 is 0 Å². The Morgan fingerprint density at radius 2 is 1.56 bits per heavy atom. The summed E-state index contributed by atoms with van der Waals surface area (Å²) in [5.41, 5.74) is 2.37. The van der Waals surface area contributed by atoms with Crippen LogP contribution in [0.25, 0.3) is 0 Å². The second kappa shape index (κ2) is 10.2. The van der Waals surface area contributed by atoms with Gasteiger partial charge in [-0.2, -0.15) is 0 Å². The molecule has 0 aliphatic rings.